The van der Waals surface area contributed by atoms with Crippen LogP contribution in [0.4, 0.5) is 0 Å². The van der Waals surface area contributed by atoms with E-state index < -0.39 is 17.2 Å². The standard InChI is InChI=1S/C20H20N4O5/c1-29-10-9-21-17(25)12-22-18(26)13-7-8-15-16(11-13)23-20(28)24(19(15)27)14-5-3-2-4-6-14/h2-8,11H,9-10,12H2,1H3,(H,21,25)(H,22,26)(H,23,28). The van der Waals surface area contributed by atoms with Gasteiger partial charge in [-0.1, -0.05) is 18.2 Å². The van der Waals surface area contributed by atoms with Crippen LogP contribution in [0, 0.1) is 0 Å². The number of fused-ring (bicyclic) bond motifs is 1. The van der Waals surface area contributed by atoms with Gasteiger partial charge in [0.1, 0.15) is 0 Å². The number of methoxy groups -OCH3 is 1. The van der Waals surface area contributed by atoms with Crippen molar-refractivity contribution in [2.24, 2.45) is 0 Å². The van der Waals surface area contributed by atoms with Crippen LogP contribution in [0.15, 0.2) is 58.1 Å². The number of rotatable bonds is 7. The Morgan fingerprint density at radius 1 is 1.07 bits per heavy atom. The molecule has 29 heavy (non-hydrogen) atoms. The van der Waals surface area contributed by atoms with Gasteiger partial charge in [-0.15, -0.1) is 0 Å². The second-order valence-corrected chi connectivity index (χ2v) is 6.19. The van der Waals surface area contributed by atoms with Crippen LogP contribution in [0.1, 0.15) is 10.4 Å². The van der Waals surface area contributed by atoms with Crippen LogP contribution >= 0.6 is 0 Å². The average Bonchev–Trinajstić information content (AvgIpc) is 2.72. The summed E-state index contributed by atoms with van der Waals surface area (Å²) in [7, 11) is 1.52. The van der Waals surface area contributed by atoms with Crippen molar-refractivity contribution in [2.75, 3.05) is 26.8 Å². The molecular weight excluding hydrogens is 376 g/mol. The molecule has 0 aliphatic rings. The second-order valence-electron chi connectivity index (χ2n) is 6.19. The van der Waals surface area contributed by atoms with E-state index in [4.69, 9.17) is 4.74 Å². The minimum atomic E-state index is -0.608. The maximum Gasteiger partial charge on any atom is 0.333 e. The molecule has 1 aromatic heterocycles. The van der Waals surface area contributed by atoms with Gasteiger partial charge >= 0.3 is 5.69 Å². The molecule has 0 aliphatic carbocycles. The van der Waals surface area contributed by atoms with Gasteiger partial charge in [-0.2, -0.15) is 0 Å². The molecule has 3 rings (SSSR count). The van der Waals surface area contributed by atoms with Gasteiger partial charge in [0.15, 0.2) is 0 Å². The first kappa shape index (κ1) is 20.0. The summed E-state index contributed by atoms with van der Waals surface area (Å²) >= 11 is 0. The molecule has 0 saturated carbocycles. The minimum absolute atomic E-state index is 0.202. The number of amides is 2. The second kappa shape index (κ2) is 8.98. The molecule has 2 amide bonds. The van der Waals surface area contributed by atoms with E-state index >= 15 is 0 Å². The Morgan fingerprint density at radius 3 is 2.55 bits per heavy atom. The number of aromatic amines is 1. The van der Waals surface area contributed by atoms with Gasteiger partial charge in [0.25, 0.3) is 11.5 Å². The summed E-state index contributed by atoms with van der Waals surface area (Å²) in [5.74, 6) is -0.850. The lowest BCUT2D eigenvalue weighted by atomic mass is 10.1. The number of ether oxygens (including phenoxy) is 1. The Bertz CT molecular complexity index is 1150. The Balaban J connectivity index is 1.82. The molecule has 0 unspecified atom stereocenters. The van der Waals surface area contributed by atoms with Crippen LogP contribution in [-0.2, 0) is 9.53 Å². The molecule has 0 saturated heterocycles. The summed E-state index contributed by atoms with van der Waals surface area (Å²) in [6.45, 7) is 0.515. The van der Waals surface area contributed by atoms with Gasteiger partial charge in [0.05, 0.1) is 29.7 Å². The molecule has 0 radical (unpaired) electrons. The van der Waals surface area contributed by atoms with Crippen LogP contribution in [0.3, 0.4) is 0 Å². The molecule has 3 aromatic rings. The van der Waals surface area contributed by atoms with Crippen molar-refractivity contribution in [2.45, 2.75) is 0 Å². The number of hydrogen-bond acceptors (Lipinski definition) is 5. The summed E-state index contributed by atoms with van der Waals surface area (Å²) in [5.41, 5.74) is -0.191. The first-order valence-electron chi connectivity index (χ1n) is 8.89. The first-order chi connectivity index (χ1) is 14.0. The number of nitrogens with zero attached hydrogens (tertiary/aromatic N) is 1. The van der Waals surface area contributed by atoms with E-state index in [2.05, 4.69) is 15.6 Å². The molecule has 2 aromatic carbocycles. The molecule has 0 aliphatic heterocycles. The molecule has 0 fully saturated rings. The smallest absolute Gasteiger partial charge is 0.333 e. The van der Waals surface area contributed by atoms with Gasteiger partial charge in [0.2, 0.25) is 5.91 Å². The Hall–Kier alpha value is -3.72. The van der Waals surface area contributed by atoms with Crippen molar-refractivity contribution in [3.63, 3.8) is 0 Å². The molecule has 3 N–H and O–H groups in total. The molecule has 1 heterocycles. The third-order valence-electron chi connectivity index (χ3n) is 4.21. The predicted molar refractivity (Wildman–Crippen MR) is 107 cm³/mol. The topological polar surface area (TPSA) is 122 Å². The van der Waals surface area contributed by atoms with Crippen LogP contribution in [0.25, 0.3) is 16.6 Å². The maximum absolute atomic E-state index is 12.8. The van der Waals surface area contributed by atoms with Crippen molar-refractivity contribution in [1.29, 1.82) is 0 Å². The van der Waals surface area contributed by atoms with E-state index in [9.17, 15) is 19.2 Å². The van der Waals surface area contributed by atoms with Crippen molar-refractivity contribution < 1.29 is 14.3 Å². The Morgan fingerprint density at radius 2 is 1.83 bits per heavy atom. The third-order valence-corrected chi connectivity index (χ3v) is 4.21. The Labute approximate surface area is 165 Å². The van der Waals surface area contributed by atoms with E-state index in [0.29, 0.717) is 18.8 Å². The minimum Gasteiger partial charge on any atom is -0.383 e. The molecule has 0 bridgehead atoms. The molecule has 150 valence electrons. The van der Waals surface area contributed by atoms with Crippen molar-refractivity contribution >= 4 is 22.7 Å². The van der Waals surface area contributed by atoms with E-state index in [1.54, 1.807) is 30.3 Å². The first-order valence-corrected chi connectivity index (χ1v) is 8.89. The highest BCUT2D eigenvalue weighted by Gasteiger charge is 2.13. The zero-order chi connectivity index (χ0) is 20.8. The number of para-hydroxylation sites is 1. The monoisotopic (exact) mass is 396 g/mol. The van der Waals surface area contributed by atoms with E-state index in [1.165, 1.54) is 25.3 Å². The normalized spacial score (nSPS) is 10.7. The maximum atomic E-state index is 12.8. The van der Waals surface area contributed by atoms with Crippen molar-refractivity contribution in [1.82, 2.24) is 20.2 Å². The fourth-order valence-corrected chi connectivity index (χ4v) is 2.79. The number of benzene rings is 2. The highest BCUT2D eigenvalue weighted by Crippen LogP contribution is 2.10. The largest absolute Gasteiger partial charge is 0.383 e. The summed E-state index contributed by atoms with van der Waals surface area (Å²) in [6, 6.07) is 12.9. The number of carbonyl (C=O) groups excluding carboxylic acids is 2. The predicted octanol–water partition coefficient (Wildman–Crippen LogP) is 0.171. The number of H-pyrrole nitrogens is 1. The zero-order valence-electron chi connectivity index (χ0n) is 15.7. The SMILES string of the molecule is COCCNC(=O)CNC(=O)c1ccc2c(=O)n(-c3ccccc3)c(=O)[nH]c2c1. The van der Waals surface area contributed by atoms with Gasteiger partial charge in [-0.05, 0) is 30.3 Å². The van der Waals surface area contributed by atoms with E-state index in [0.717, 1.165) is 4.57 Å². The molecular formula is C20H20N4O5. The van der Waals surface area contributed by atoms with Crippen LogP contribution in [-0.4, -0.2) is 48.2 Å². The zero-order valence-corrected chi connectivity index (χ0v) is 15.7. The van der Waals surface area contributed by atoms with Gasteiger partial charge in [0, 0.05) is 19.2 Å². The molecule has 0 atom stereocenters. The van der Waals surface area contributed by atoms with Gasteiger partial charge in [-0.3, -0.25) is 14.4 Å². The molecule has 0 spiro atoms. The number of nitrogens with one attached hydrogen (secondary N) is 3. The fourth-order valence-electron chi connectivity index (χ4n) is 2.79. The lowest BCUT2D eigenvalue weighted by Crippen LogP contribution is -2.38. The average molecular weight is 396 g/mol. The van der Waals surface area contributed by atoms with Gasteiger partial charge < -0.3 is 20.4 Å². The van der Waals surface area contributed by atoms with E-state index in [-0.39, 0.29) is 28.9 Å². The Kier molecular flexibility index (Phi) is 6.20. The summed E-state index contributed by atoms with van der Waals surface area (Å²) < 4.78 is 5.86. The number of hydrogen-bond donors (Lipinski definition) is 3. The number of carbonyl (C=O) groups is 2. The summed E-state index contributed by atoms with van der Waals surface area (Å²) in [4.78, 5) is 51.7. The van der Waals surface area contributed by atoms with Gasteiger partial charge in [-0.25, -0.2) is 9.36 Å². The fraction of sp³-hybridized carbons (Fsp3) is 0.200. The quantitative estimate of drug-likeness (QED) is 0.492. The van der Waals surface area contributed by atoms with Crippen LogP contribution in [0.2, 0.25) is 0 Å². The summed E-state index contributed by atoms with van der Waals surface area (Å²) in [6.07, 6.45) is 0. The lowest BCUT2D eigenvalue weighted by Gasteiger charge is -2.09. The van der Waals surface area contributed by atoms with Crippen LogP contribution in [0.5, 0.6) is 0 Å². The highest BCUT2D eigenvalue weighted by atomic mass is 16.5. The highest BCUT2D eigenvalue weighted by molar-refractivity contribution is 5.99. The number of aromatic nitrogens is 2. The van der Waals surface area contributed by atoms with Crippen molar-refractivity contribution in [3.05, 3.63) is 74.9 Å². The molecule has 9 heteroatoms. The van der Waals surface area contributed by atoms with Crippen molar-refractivity contribution in [3.8, 4) is 5.69 Å². The van der Waals surface area contributed by atoms with E-state index in [1.807, 2.05) is 0 Å². The third kappa shape index (κ3) is 4.58. The lowest BCUT2D eigenvalue weighted by molar-refractivity contribution is -0.120. The summed E-state index contributed by atoms with van der Waals surface area (Å²) in [5, 5.41) is 5.34. The van der Waals surface area contributed by atoms with Crippen LogP contribution < -0.4 is 21.9 Å². The molecule has 9 nitrogen and oxygen atoms in total.